The maximum Gasteiger partial charge on any atom is 0.410 e. The number of carbonyl (C=O) groups is 2. The van der Waals surface area contributed by atoms with Crippen LogP contribution in [0.3, 0.4) is 0 Å². The molecule has 4 rings (SSSR count). The van der Waals surface area contributed by atoms with Crippen molar-refractivity contribution in [2.24, 2.45) is 4.99 Å². The van der Waals surface area contributed by atoms with Crippen LogP contribution >= 0.6 is 0 Å². The van der Waals surface area contributed by atoms with Crippen molar-refractivity contribution < 1.29 is 14.3 Å². The summed E-state index contributed by atoms with van der Waals surface area (Å²) in [4.78, 5) is 35.0. The molecule has 2 aliphatic heterocycles. The summed E-state index contributed by atoms with van der Waals surface area (Å²) in [5.41, 5.74) is 0.992. The molecule has 7 nitrogen and oxygen atoms in total. The quantitative estimate of drug-likeness (QED) is 0.914. The van der Waals surface area contributed by atoms with Gasteiger partial charge in [-0.2, -0.15) is 0 Å². The molecule has 2 amide bonds. The number of ether oxygens (including phenoxy) is 1. The van der Waals surface area contributed by atoms with Gasteiger partial charge in [0.05, 0.1) is 12.2 Å². The van der Waals surface area contributed by atoms with Crippen LogP contribution in [0.1, 0.15) is 17.7 Å². The zero-order valence-corrected chi connectivity index (χ0v) is 14.1. The van der Waals surface area contributed by atoms with E-state index in [4.69, 9.17) is 4.74 Å². The number of pyridine rings is 1. The number of likely N-dealkylation sites (tertiary alicyclic amines) is 1. The predicted molar refractivity (Wildman–Crippen MR) is 94.5 cm³/mol. The number of hydrogen-bond acceptors (Lipinski definition) is 5. The molecule has 0 aliphatic carbocycles. The summed E-state index contributed by atoms with van der Waals surface area (Å²) in [6.07, 6.45) is 1.77. The molecule has 0 saturated carbocycles. The number of nitrogens with one attached hydrogen (secondary N) is 1. The molecule has 2 aliphatic rings. The lowest BCUT2D eigenvalue weighted by Crippen LogP contribution is -2.45. The van der Waals surface area contributed by atoms with E-state index < -0.39 is 11.8 Å². The van der Waals surface area contributed by atoms with Gasteiger partial charge in [0, 0.05) is 19.2 Å². The highest BCUT2D eigenvalue weighted by atomic mass is 16.6. The molecule has 1 spiro atoms. The fraction of sp³-hybridized carbons (Fsp3) is 0.263. The van der Waals surface area contributed by atoms with Gasteiger partial charge in [0.2, 0.25) is 0 Å². The molecule has 1 saturated heterocycles. The minimum atomic E-state index is -0.782. The van der Waals surface area contributed by atoms with E-state index in [0.717, 1.165) is 5.56 Å². The van der Waals surface area contributed by atoms with Crippen molar-refractivity contribution >= 4 is 17.7 Å². The molecule has 1 fully saturated rings. The highest BCUT2D eigenvalue weighted by Gasteiger charge is 2.46. The molecule has 1 N–H and O–H groups in total. The first-order valence-electron chi connectivity index (χ1n) is 8.45. The standard InChI is InChI=1S/C19H18N4O3/c24-17-16(15-8-4-5-10-20-15)21-19(22-17)9-11-23(13-19)18(25)26-12-14-6-2-1-3-7-14/h1-8,10H,9,11-13H2,(H,22,24). The van der Waals surface area contributed by atoms with Crippen LogP contribution in [0.5, 0.6) is 0 Å². The van der Waals surface area contributed by atoms with Gasteiger partial charge in [-0.05, 0) is 17.7 Å². The molecule has 1 atom stereocenters. The van der Waals surface area contributed by atoms with Crippen LogP contribution in [0.25, 0.3) is 0 Å². The third-order valence-corrected chi connectivity index (χ3v) is 4.51. The van der Waals surface area contributed by atoms with Gasteiger partial charge in [-0.25, -0.2) is 9.79 Å². The summed E-state index contributed by atoms with van der Waals surface area (Å²) in [7, 11) is 0. The second-order valence-corrected chi connectivity index (χ2v) is 6.37. The topological polar surface area (TPSA) is 83.9 Å². The Balaban J connectivity index is 1.42. The lowest BCUT2D eigenvalue weighted by molar-refractivity contribution is -0.115. The van der Waals surface area contributed by atoms with Crippen LogP contribution in [0.2, 0.25) is 0 Å². The van der Waals surface area contributed by atoms with E-state index in [1.165, 1.54) is 0 Å². The summed E-state index contributed by atoms with van der Waals surface area (Å²) in [6.45, 7) is 0.994. The normalized spacial score (nSPS) is 21.6. The lowest BCUT2D eigenvalue weighted by atomic mass is 10.1. The van der Waals surface area contributed by atoms with Gasteiger partial charge in [-0.1, -0.05) is 36.4 Å². The average Bonchev–Trinajstić information content (AvgIpc) is 3.24. The molecular formula is C19H18N4O3. The van der Waals surface area contributed by atoms with Crippen molar-refractivity contribution in [3.63, 3.8) is 0 Å². The van der Waals surface area contributed by atoms with Crippen LogP contribution in [-0.4, -0.2) is 46.3 Å². The van der Waals surface area contributed by atoms with Crippen molar-refractivity contribution in [1.29, 1.82) is 0 Å². The molecule has 1 unspecified atom stereocenters. The fourth-order valence-corrected chi connectivity index (χ4v) is 3.19. The maximum absolute atomic E-state index is 12.3. The minimum Gasteiger partial charge on any atom is -0.445 e. The third-order valence-electron chi connectivity index (χ3n) is 4.51. The zero-order chi connectivity index (χ0) is 18.0. The van der Waals surface area contributed by atoms with E-state index in [1.807, 2.05) is 36.4 Å². The van der Waals surface area contributed by atoms with E-state index in [2.05, 4.69) is 15.3 Å². The summed E-state index contributed by atoms with van der Waals surface area (Å²) < 4.78 is 5.37. The number of hydrogen-bond donors (Lipinski definition) is 1. The van der Waals surface area contributed by atoms with Gasteiger partial charge >= 0.3 is 6.09 Å². The first-order valence-corrected chi connectivity index (χ1v) is 8.45. The molecule has 0 bridgehead atoms. The maximum atomic E-state index is 12.3. The Morgan fingerprint density at radius 2 is 2.00 bits per heavy atom. The van der Waals surface area contributed by atoms with Crippen LogP contribution in [-0.2, 0) is 16.1 Å². The predicted octanol–water partition coefficient (Wildman–Crippen LogP) is 1.74. The van der Waals surface area contributed by atoms with E-state index in [-0.39, 0.29) is 12.5 Å². The third kappa shape index (κ3) is 3.15. The molecule has 3 heterocycles. The molecule has 2 aromatic rings. The highest BCUT2D eigenvalue weighted by molar-refractivity contribution is 6.46. The van der Waals surface area contributed by atoms with Crippen molar-refractivity contribution in [1.82, 2.24) is 15.2 Å². The number of carbonyl (C=O) groups excluding carboxylic acids is 2. The van der Waals surface area contributed by atoms with Gasteiger partial charge in [-0.15, -0.1) is 0 Å². The molecular weight excluding hydrogens is 332 g/mol. The van der Waals surface area contributed by atoms with Gasteiger partial charge in [-0.3, -0.25) is 9.78 Å². The minimum absolute atomic E-state index is 0.220. The molecule has 7 heteroatoms. The second-order valence-electron chi connectivity index (χ2n) is 6.37. The average molecular weight is 350 g/mol. The number of aliphatic imine (C=N–C) groups is 1. The Hall–Kier alpha value is -3.22. The Morgan fingerprint density at radius 1 is 1.19 bits per heavy atom. The molecule has 1 aromatic carbocycles. The van der Waals surface area contributed by atoms with Crippen molar-refractivity contribution in [3.05, 3.63) is 66.0 Å². The molecule has 26 heavy (non-hydrogen) atoms. The number of nitrogens with zero attached hydrogens (tertiary/aromatic N) is 3. The highest BCUT2D eigenvalue weighted by Crippen LogP contribution is 2.28. The van der Waals surface area contributed by atoms with Crippen LogP contribution in [0, 0.1) is 0 Å². The summed E-state index contributed by atoms with van der Waals surface area (Å²) in [5, 5.41) is 2.90. The fourth-order valence-electron chi connectivity index (χ4n) is 3.19. The van der Waals surface area contributed by atoms with E-state index >= 15 is 0 Å². The van der Waals surface area contributed by atoms with Gasteiger partial charge < -0.3 is 15.0 Å². The lowest BCUT2D eigenvalue weighted by Gasteiger charge is -2.21. The summed E-state index contributed by atoms with van der Waals surface area (Å²) in [6, 6.07) is 14.9. The smallest absolute Gasteiger partial charge is 0.410 e. The van der Waals surface area contributed by atoms with Crippen LogP contribution < -0.4 is 5.32 Å². The Morgan fingerprint density at radius 3 is 2.77 bits per heavy atom. The Kier molecular flexibility index (Phi) is 4.12. The van der Waals surface area contributed by atoms with Gasteiger partial charge in [0.1, 0.15) is 6.61 Å². The first-order chi connectivity index (χ1) is 12.7. The Bertz CT molecular complexity index is 854. The van der Waals surface area contributed by atoms with E-state index in [0.29, 0.717) is 30.9 Å². The molecule has 0 radical (unpaired) electrons. The van der Waals surface area contributed by atoms with Gasteiger partial charge in [0.15, 0.2) is 11.4 Å². The zero-order valence-electron chi connectivity index (χ0n) is 14.1. The second kappa shape index (κ2) is 6.59. The van der Waals surface area contributed by atoms with Crippen molar-refractivity contribution in [3.8, 4) is 0 Å². The van der Waals surface area contributed by atoms with Gasteiger partial charge in [0.25, 0.3) is 5.91 Å². The van der Waals surface area contributed by atoms with E-state index in [1.54, 1.807) is 23.2 Å². The number of aromatic nitrogens is 1. The Labute approximate surface area is 150 Å². The molecule has 1 aromatic heterocycles. The van der Waals surface area contributed by atoms with Crippen molar-refractivity contribution in [2.75, 3.05) is 13.1 Å². The SMILES string of the molecule is O=C1NC2(CCN(C(=O)OCc3ccccc3)C2)N=C1c1ccccn1. The molecule has 132 valence electrons. The summed E-state index contributed by atoms with van der Waals surface area (Å²) in [5.74, 6) is -0.261. The largest absolute Gasteiger partial charge is 0.445 e. The van der Waals surface area contributed by atoms with Crippen LogP contribution in [0.4, 0.5) is 4.79 Å². The van der Waals surface area contributed by atoms with Crippen molar-refractivity contribution in [2.45, 2.75) is 18.7 Å². The summed E-state index contributed by atoms with van der Waals surface area (Å²) >= 11 is 0. The monoisotopic (exact) mass is 350 g/mol. The first kappa shape index (κ1) is 16.3. The number of rotatable bonds is 3. The van der Waals surface area contributed by atoms with E-state index in [9.17, 15) is 9.59 Å². The van der Waals surface area contributed by atoms with Crippen LogP contribution in [0.15, 0.2) is 59.7 Å². The number of amides is 2. The number of benzene rings is 1.